The minimum atomic E-state index is -1.66. The summed E-state index contributed by atoms with van der Waals surface area (Å²) in [6, 6.07) is -4.01. The first kappa shape index (κ1) is 29.2. The van der Waals surface area contributed by atoms with E-state index in [4.69, 9.17) is 19.7 Å². The maximum absolute atomic E-state index is 12.5. The van der Waals surface area contributed by atoms with Crippen LogP contribution < -0.4 is 16.0 Å². The highest BCUT2D eigenvalue weighted by atomic mass is 16.6. The second-order valence-corrected chi connectivity index (χ2v) is 7.77. The molecule has 0 aromatic heterocycles. The highest BCUT2D eigenvalue weighted by Gasteiger charge is 2.47. The van der Waals surface area contributed by atoms with E-state index in [2.05, 4.69) is 16.0 Å². The zero-order chi connectivity index (χ0) is 26.2. The van der Waals surface area contributed by atoms with E-state index >= 15 is 0 Å². The number of amides is 3. The fourth-order valence-corrected chi connectivity index (χ4v) is 3.15. The molecule has 0 aromatic carbocycles. The third kappa shape index (κ3) is 8.49. The number of aliphatic carboxylic acids is 2. The number of carbonyl (C=O) groups is 5. The Bertz CT molecular complexity index is 763. The molecule has 3 amide bonds. The molecule has 34 heavy (non-hydrogen) atoms. The first-order valence-corrected chi connectivity index (χ1v) is 10.4. The summed E-state index contributed by atoms with van der Waals surface area (Å²) in [5, 5.41) is 54.4. The van der Waals surface area contributed by atoms with Gasteiger partial charge in [0.15, 0.2) is 6.29 Å². The van der Waals surface area contributed by atoms with Gasteiger partial charge in [0.1, 0.15) is 42.5 Å². The Kier molecular flexibility index (Phi) is 11.3. The van der Waals surface area contributed by atoms with E-state index in [0.29, 0.717) is 0 Å². The van der Waals surface area contributed by atoms with E-state index in [1.54, 1.807) is 0 Å². The number of nitrogens with one attached hydrogen (secondary N) is 3. The second-order valence-electron chi connectivity index (χ2n) is 7.77. The van der Waals surface area contributed by atoms with Gasteiger partial charge in [-0.15, -0.1) is 0 Å². The Balaban J connectivity index is 2.80. The topological polar surface area (TPSA) is 241 Å². The monoisotopic (exact) mass is 493 g/mol. The van der Waals surface area contributed by atoms with E-state index in [9.17, 15) is 39.3 Å². The molecule has 15 heteroatoms. The van der Waals surface area contributed by atoms with Crippen LogP contribution >= 0.6 is 0 Å². The normalized spacial score (nSPS) is 27.1. The van der Waals surface area contributed by atoms with Crippen LogP contribution in [0.15, 0.2) is 0 Å². The van der Waals surface area contributed by atoms with Crippen molar-refractivity contribution in [1.82, 2.24) is 16.0 Å². The molecule has 0 saturated carbocycles. The molecule has 0 bridgehead atoms. The van der Waals surface area contributed by atoms with Crippen LogP contribution in [0, 0.1) is 0 Å². The standard InChI is InChI=1S/C19H31N3O12/c1-7(16(28)22-10(18(30)31)4-5-12(25)26)20-17(29)8(2)33-15-13(21-9(3)24)19(32)34-11(6-23)14(15)27/h7-8,10-11,13-15,19,23,27,32H,4-6H2,1-3H3,(H,20,29)(H,21,24)(H,22,28)(H,25,26)(H,30,31)/t7-,8?,10+,11+,13+,14+,15+,19-/m0/s1. The maximum Gasteiger partial charge on any atom is 0.326 e. The van der Waals surface area contributed by atoms with Gasteiger partial charge in [-0.05, 0) is 20.3 Å². The van der Waals surface area contributed by atoms with Crippen molar-refractivity contribution in [3.8, 4) is 0 Å². The molecule has 8 atom stereocenters. The molecular formula is C19H31N3O12. The van der Waals surface area contributed by atoms with Gasteiger partial charge in [-0.1, -0.05) is 0 Å². The summed E-state index contributed by atoms with van der Waals surface area (Å²) in [4.78, 5) is 58.1. The van der Waals surface area contributed by atoms with Gasteiger partial charge in [-0.2, -0.15) is 0 Å². The number of hydrogen-bond donors (Lipinski definition) is 8. The van der Waals surface area contributed by atoms with Crippen molar-refractivity contribution in [1.29, 1.82) is 0 Å². The Labute approximate surface area is 194 Å². The van der Waals surface area contributed by atoms with Crippen LogP contribution in [0.4, 0.5) is 0 Å². The molecule has 1 unspecified atom stereocenters. The average Bonchev–Trinajstić information content (AvgIpc) is 2.74. The summed E-state index contributed by atoms with van der Waals surface area (Å²) in [7, 11) is 0. The molecule has 194 valence electrons. The van der Waals surface area contributed by atoms with Gasteiger partial charge in [-0.3, -0.25) is 19.2 Å². The largest absolute Gasteiger partial charge is 0.481 e. The third-order valence-corrected chi connectivity index (χ3v) is 4.99. The fourth-order valence-electron chi connectivity index (χ4n) is 3.15. The number of ether oxygens (including phenoxy) is 2. The smallest absolute Gasteiger partial charge is 0.326 e. The number of aliphatic hydroxyl groups is 3. The zero-order valence-corrected chi connectivity index (χ0v) is 18.8. The van der Waals surface area contributed by atoms with Gasteiger partial charge in [-0.25, -0.2) is 4.79 Å². The molecule has 1 rings (SSSR count). The minimum Gasteiger partial charge on any atom is -0.481 e. The predicted molar refractivity (Wildman–Crippen MR) is 110 cm³/mol. The van der Waals surface area contributed by atoms with Crippen molar-refractivity contribution >= 4 is 29.7 Å². The maximum atomic E-state index is 12.5. The fraction of sp³-hybridized carbons (Fsp3) is 0.737. The van der Waals surface area contributed by atoms with Crippen LogP contribution in [0.3, 0.4) is 0 Å². The van der Waals surface area contributed by atoms with Crippen LogP contribution in [-0.2, 0) is 33.4 Å². The van der Waals surface area contributed by atoms with Crippen LogP contribution in [0.25, 0.3) is 0 Å². The third-order valence-electron chi connectivity index (χ3n) is 4.99. The molecule has 1 aliphatic rings. The lowest BCUT2D eigenvalue weighted by molar-refractivity contribution is -0.266. The average molecular weight is 493 g/mol. The van der Waals surface area contributed by atoms with Gasteiger partial charge >= 0.3 is 11.9 Å². The highest BCUT2D eigenvalue weighted by Crippen LogP contribution is 2.23. The number of hydrogen-bond acceptors (Lipinski definition) is 10. The first-order chi connectivity index (χ1) is 15.8. The van der Waals surface area contributed by atoms with Crippen molar-refractivity contribution in [3.63, 3.8) is 0 Å². The molecule has 1 heterocycles. The van der Waals surface area contributed by atoms with Crippen molar-refractivity contribution in [2.24, 2.45) is 0 Å². The molecule has 0 aliphatic carbocycles. The quantitative estimate of drug-likeness (QED) is 0.131. The molecular weight excluding hydrogens is 462 g/mol. The summed E-state index contributed by atoms with van der Waals surface area (Å²) < 4.78 is 10.6. The van der Waals surface area contributed by atoms with E-state index in [-0.39, 0.29) is 6.42 Å². The lowest BCUT2D eigenvalue weighted by atomic mass is 9.96. The van der Waals surface area contributed by atoms with E-state index < -0.39 is 91.5 Å². The van der Waals surface area contributed by atoms with E-state index in [1.807, 2.05) is 0 Å². The van der Waals surface area contributed by atoms with Crippen molar-refractivity contribution < 1.29 is 59.0 Å². The number of carbonyl (C=O) groups excluding carboxylic acids is 3. The summed E-state index contributed by atoms with van der Waals surface area (Å²) in [6.07, 6.45) is -8.02. The number of aliphatic hydroxyl groups excluding tert-OH is 3. The van der Waals surface area contributed by atoms with Gasteiger partial charge in [0, 0.05) is 13.3 Å². The van der Waals surface area contributed by atoms with Crippen molar-refractivity contribution in [2.45, 2.75) is 82.4 Å². The Morgan fingerprint density at radius 3 is 2.15 bits per heavy atom. The molecule has 1 saturated heterocycles. The molecule has 0 aromatic rings. The molecule has 1 fully saturated rings. The second kappa shape index (κ2) is 13.1. The van der Waals surface area contributed by atoms with Crippen LogP contribution in [0.1, 0.15) is 33.6 Å². The number of rotatable bonds is 12. The lowest BCUT2D eigenvalue weighted by Gasteiger charge is -2.43. The van der Waals surface area contributed by atoms with Gasteiger partial charge in [0.25, 0.3) is 0 Å². The molecule has 0 radical (unpaired) electrons. The van der Waals surface area contributed by atoms with Crippen molar-refractivity contribution in [3.05, 3.63) is 0 Å². The highest BCUT2D eigenvalue weighted by molar-refractivity contribution is 5.91. The molecule has 8 N–H and O–H groups in total. The Hall–Kier alpha value is -2.85. The number of carboxylic acids is 2. The summed E-state index contributed by atoms with van der Waals surface area (Å²) in [5.74, 6) is -5.02. The van der Waals surface area contributed by atoms with Crippen LogP contribution in [0.5, 0.6) is 0 Å². The SMILES string of the molecule is CC(=O)N[C@@H]1[C@@H](OC(C)C(=O)N[C@@H](C)C(=O)N[C@H](CCC(=O)O)C(=O)O)[C@H](O)[C@@H](CO)O[C@@H]1O. The Morgan fingerprint density at radius 1 is 1.03 bits per heavy atom. The van der Waals surface area contributed by atoms with Gasteiger partial charge < -0.3 is 51.0 Å². The summed E-state index contributed by atoms with van der Waals surface area (Å²) in [5.41, 5.74) is 0. The summed E-state index contributed by atoms with van der Waals surface area (Å²) >= 11 is 0. The van der Waals surface area contributed by atoms with E-state index in [1.165, 1.54) is 13.8 Å². The Morgan fingerprint density at radius 2 is 1.65 bits per heavy atom. The van der Waals surface area contributed by atoms with Gasteiger partial charge in [0.05, 0.1) is 6.61 Å². The van der Waals surface area contributed by atoms with Crippen LogP contribution in [-0.4, -0.2) is 111 Å². The zero-order valence-electron chi connectivity index (χ0n) is 18.8. The molecule has 15 nitrogen and oxygen atoms in total. The van der Waals surface area contributed by atoms with E-state index in [0.717, 1.165) is 6.92 Å². The minimum absolute atomic E-state index is 0.364. The first-order valence-electron chi connectivity index (χ1n) is 10.4. The lowest BCUT2D eigenvalue weighted by Crippen LogP contribution is -2.65. The van der Waals surface area contributed by atoms with Gasteiger partial charge in [0.2, 0.25) is 17.7 Å². The van der Waals surface area contributed by atoms with Crippen LogP contribution in [0.2, 0.25) is 0 Å². The molecule has 1 aliphatic heterocycles. The van der Waals surface area contributed by atoms with Crippen molar-refractivity contribution in [2.75, 3.05) is 6.61 Å². The number of carboxylic acid groups (broad SMARTS) is 2. The predicted octanol–water partition coefficient (Wildman–Crippen LogP) is -3.73. The molecule has 0 spiro atoms. The summed E-state index contributed by atoms with van der Waals surface area (Å²) in [6.45, 7) is 2.98.